The van der Waals surface area contributed by atoms with Crippen LogP contribution in [0.4, 0.5) is 0 Å². The van der Waals surface area contributed by atoms with Gasteiger partial charge in [-0.3, -0.25) is 9.69 Å². The molecule has 0 unspecified atom stereocenters. The number of carbonyl (C=O) groups excluding carboxylic acids is 1. The van der Waals surface area contributed by atoms with Crippen molar-refractivity contribution >= 4 is 5.78 Å². The molecule has 2 aromatic rings. The van der Waals surface area contributed by atoms with Gasteiger partial charge in [0.05, 0.1) is 13.1 Å². The predicted molar refractivity (Wildman–Crippen MR) is 105 cm³/mol. The number of ketones is 1. The van der Waals surface area contributed by atoms with Crippen LogP contribution in [0.5, 0.6) is 0 Å². The van der Waals surface area contributed by atoms with Crippen molar-refractivity contribution in [1.82, 2.24) is 4.90 Å². The van der Waals surface area contributed by atoms with Gasteiger partial charge in [-0.1, -0.05) is 42.3 Å². The number of Topliss-reactive ketones (excluding diaryl/α,β-unsaturated/α-hetero) is 1. The molecule has 2 nitrogen and oxygen atoms in total. The second kappa shape index (κ2) is 7.48. The normalized spacial score (nSPS) is 14.9. The van der Waals surface area contributed by atoms with Gasteiger partial charge in [0.15, 0.2) is 5.78 Å². The molecule has 2 aliphatic carbocycles. The minimum Gasteiger partial charge on any atom is -0.293 e. The van der Waals surface area contributed by atoms with Crippen molar-refractivity contribution in [3.8, 4) is 12.3 Å². The molecule has 4 rings (SSSR count). The molecular formula is C24H25NO. The Bertz CT molecular complexity index is 828. The summed E-state index contributed by atoms with van der Waals surface area (Å²) in [4.78, 5) is 15.4. The SMILES string of the molecule is C#CCN(CC(=O)c1c2c(cc3c1CCC3)CCC2)Cc1ccccc1. The highest BCUT2D eigenvalue weighted by Gasteiger charge is 2.28. The summed E-state index contributed by atoms with van der Waals surface area (Å²) in [5.41, 5.74) is 7.73. The lowest BCUT2D eigenvalue weighted by atomic mass is 9.91. The summed E-state index contributed by atoms with van der Waals surface area (Å²) in [5, 5.41) is 0. The molecule has 0 amide bonds. The summed E-state index contributed by atoms with van der Waals surface area (Å²) >= 11 is 0. The molecule has 0 aliphatic heterocycles. The Labute approximate surface area is 156 Å². The first kappa shape index (κ1) is 17.1. The van der Waals surface area contributed by atoms with Crippen molar-refractivity contribution in [1.29, 1.82) is 0 Å². The maximum Gasteiger partial charge on any atom is 0.177 e. The van der Waals surface area contributed by atoms with Gasteiger partial charge >= 0.3 is 0 Å². The maximum absolute atomic E-state index is 13.3. The largest absolute Gasteiger partial charge is 0.293 e. The Kier molecular flexibility index (Phi) is 4.91. The van der Waals surface area contributed by atoms with E-state index >= 15 is 0 Å². The summed E-state index contributed by atoms with van der Waals surface area (Å²) in [7, 11) is 0. The quantitative estimate of drug-likeness (QED) is 0.584. The number of terminal acetylenes is 1. The minimum atomic E-state index is 0.257. The molecule has 0 aromatic heterocycles. The molecule has 0 fully saturated rings. The van der Waals surface area contributed by atoms with Crippen LogP contribution in [0.3, 0.4) is 0 Å². The summed E-state index contributed by atoms with van der Waals surface area (Å²) in [5.74, 6) is 2.98. The van der Waals surface area contributed by atoms with Crippen molar-refractivity contribution in [2.75, 3.05) is 13.1 Å². The molecule has 0 spiro atoms. The van der Waals surface area contributed by atoms with Crippen LogP contribution >= 0.6 is 0 Å². The van der Waals surface area contributed by atoms with Gasteiger partial charge in [-0.25, -0.2) is 0 Å². The zero-order chi connectivity index (χ0) is 17.9. The molecule has 0 saturated heterocycles. The molecule has 0 saturated carbocycles. The van der Waals surface area contributed by atoms with Crippen LogP contribution < -0.4 is 0 Å². The topological polar surface area (TPSA) is 20.3 Å². The molecule has 0 atom stereocenters. The van der Waals surface area contributed by atoms with E-state index in [0.29, 0.717) is 19.6 Å². The van der Waals surface area contributed by atoms with E-state index in [1.165, 1.54) is 40.7 Å². The summed E-state index contributed by atoms with van der Waals surface area (Å²) < 4.78 is 0. The fourth-order valence-corrected chi connectivity index (χ4v) is 4.57. The first-order valence-electron chi connectivity index (χ1n) is 9.65. The van der Waals surface area contributed by atoms with Gasteiger partial charge in [-0.2, -0.15) is 0 Å². The number of benzene rings is 2. The van der Waals surface area contributed by atoms with Crippen molar-refractivity contribution < 1.29 is 4.79 Å². The fourth-order valence-electron chi connectivity index (χ4n) is 4.57. The minimum absolute atomic E-state index is 0.257. The fraction of sp³-hybridized carbons (Fsp3) is 0.375. The molecule has 2 aromatic carbocycles. The Hall–Kier alpha value is -2.37. The van der Waals surface area contributed by atoms with Crippen LogP contribution in [0.1, 0.15) is 51.0 Å². The second-order valence-electron chi connectivity index (χ2n) is 7.49. The zero-order valence-corrected chi connectivity index (χ0v) is 15.3. The first-order valence-corrected chi connectivity index (χ1v) is 9.65. The van der Waals surface area contributed by atoms with Gasteiger partial charge in [0.25, 0.3) is 0 Å². The molecule has 0 radical (unpaired) electrons. The van der Waals surface area contributed by atoms with Gasteiger partial charge in [-0.05, 0) is 66.3 Å². The summed E-state index contributed by atoms with van der Waals surface area (Å²) in [6.45, 7) is 1.62. The molecule has 26 heavy (non-hydrogen) atoms. The molecule has 132 valence electrons. The summed E-state index contributed by atoms with van der Waals surface area (Å²) in [6.07, 6.45) is 12.3. The number of carbonyl (C=O) groups is 1. The molecule has 0 N–H and O–H groups in total. The summed E-state index contributed by atoms with van der Waals surface area (Å²) in [6, 6.07) is 12.6. The van der Waals surface area contributed by atoms with Gasteiger partial charge in [0.2, 0.25) is 0 Å². The smallest absolute Gasteiger partial charge is 0.177 e. The maximum atomic E-state index is 13.3. The predicted octanol–water partition coefficient (Wildman–Crippen LogP) is 3.98. The van der Waals surface area contributed by atoms with Crippen LogP contribution in [0.25, 0.3) is 0 Å². The van der Waals surface area contributed by atoms with Crippen molar-refractivity contribution in [2.45, 2.75) is 45.1 Å². The monoisotopic (exact) mass is 343 g/mol. The van der Waals surface area contributed by atoms with E-state index in [1.807, 2.05) is 18.2 Å². The van der Waals surface area contributed by atoms with E-state index in [0.717, 1.165) is 31.2 Å². The Morgan fingerprint density at radius 1 is 1.00 bits per heavy atom. The van der Waals surface area contributed by atoms with Crippen molar-refractivity contribution in [3.05, 3.63) is 69.8 Å². The van der Waals surface area contributed by atoms with Crippen LogP contribution in [0.2, 0.25) is 0 Å². The number of nitrogens with zero attached hydrogens (tertiary/aromatic N) is 1. The van der Waals surface area contributed by atoms with E-state index < -0.39 is 0 Å². The number of hydrogen-bond donors (Lipinski definition) is 0. The third-order valence-corrected chi connectivity index (χ3v) is 5.68. The van der Waals surface area contributed by atoms with Gasteiger partial charge < -0.3 is 0 Å². The molecule has 0 heterocycles. The van der Waals surface area contributed by atoms with Crippen LogP contribution in [-0.4, -0.2) is 23.8 Å². The van der Waals surface area contributed by atoms with Crippen LogP contribution in [0.15, 0.2) is 36.4 Å². The van der Waals surface area contributed by atoms with Gasteiger partial charge in [0.1, 0.15) is 0 Å². The standard InChI is InChI=1S/C24H25NO/c1-2-14-25(16-18-8-4-3-5-9-18)17-23(26)24-21-12-6-10-19(21)15-20-11-7-13-22(20)24/h1,3-5,8-9,15H,6-7,10-14,16-17H2. The number of hydrogen-bond acceptors (Lipinski definition) is 2. The molecule has 2 aliphatic rings. The molecular weight excluding hydrogens is 318 g/mol. The van der Waals surface area contributed by atoms with Crippen LogP contribution in [-0.2, 0) is 32.2 Å². The van der Waals surface area contributed by atoms with E-state index in [9.17, 15) is 4.79 Å². The zero-order valence-electron chi connectivity index (χ0n) is 15.3. The number of fused-ring (bicyclic) bond motifs is 2. The lowest BCUT2D eigenvalue weighted by molar-refractivity contribution is 0.0933. The Morgan fingerprint density at radius 3 is 2.27 bits per heavy atom. The van der Waals surface area contributed by atoms with Crippen molar-refractivity contribution in [2.24, 2.45) is 0 Å². The first-order chi connectivity index (χ1) is 12.8. The van der Waals surface area contributed by atoms with E-state index in [2.05, 4.69) is 29.0 Å². The highest BCUT2D eigenvalue weighted by atomic mass is 16.1. The van der Waals surface area contributed by atoms with E-state index in [1.54, 1.807) is 0 Å². The third-order valence-electron chi connectivity index (χ3n) is 5.68. The molecule has 2 heteroatoms. The highest BCUT2D eigenvalue weighted by molar-refractivity contribution is 6.01. The lowest BCUT2D eigenvalue weighted by Gasteiger charge is -2.21. The lowest BCUT2D eigenvalue weighted by Crippen LogP contribution is -2.31. The van der Waals surface area contributed by atoms with E-state index in [-0.39, 0.29) is 5.78 Å². The van der Waals surface area contributed by atoms with Crippen molar-refractivity contribution in [3.63, 3.8) is 0 Å². The van der Waals surface area contributed by atoms with Gasteiger partial charge in [-0.15, -0.1) is 6.42 Å². The Balaban J connectivity index is 1.60. The van der Waals surface area contributed by atoms with E-state index in [4.69, 9.17) is 6.42 Å². The highest BCUT2D eigenvalue weighted by Crippen LogP contribution is 2.35. The average Bonchev–Trinajstić information content (AvgIpc) is 3.29. The number of aryl methyl sites for hydroxylation is 2. The average molecular weight is 343 g/mol. The molecule has 0 bridgehead atoms. The Morgan fingerprint density at radius 2 is 1.65 bits per heavy atom. The second-order valence-corrected chi connectivity index (χ2v) is 7.49. The van der Waals surface area contributed by atoms with Crippen LogP contribution in [0, 0.1) is 12.3 Å². The number of rotatable bonds is 6. The third kappa shape index (κ3) is 3.32. The van der Waals surface area contributed by atoms with Gasteiger partial charge in [0, 0.05) is 12.1 Å².